The molecule has 2 aromatic rings. The van der Waals surface area contributed by atoms with Gasteiger partial charge >= 0.3 is 0 Å². The van der Waals surface area contributed by atoms with E-state index in [1.54, 1.807) is 31.4 Å². The number of pyridine rings is 1. The highest BCUT2D eigenvalue weighted by Crippen LogP contribution is 2.30. The van der Waals surface area contributed by atoms with Crippen LogP contribution in [-0.2, 0) is 0 Å². The number of methoxy groups -OCH3 is 1. The lowest BCUT2D eigenvalue weighted by Gasteiger charge is -2.07. The Morgan fingerprint density at radius 3 is 2.71 bits per heavy atom. The van der Waals surface area contributed by atoms with E-state index in [9.17, 15) is 9.90 Å². The fraction of sp³-hybridized carbons (Fsp3) is 0.0769. The largest absolute Gasteiger partial charge is 0.507 e. The predicted octanol–water partition coefficient (Wildman–Crippen LogP) is 2.28. The van der Waals surface area contributed by atoms with Crippen LogP contribution in [0, 0.1) is 0 Å². The zero-order valence-corrected chi connectivity index (χ0v) is 9.25. The molecule has 1 N–H and O–H groups in total. The lowest BCUT2D eigenvalue weighted by Crippen LogP contribution is -1.91. The summed E-state index contributed by atoms with van der Waals surface area (Å²) in [6.07, 6.45) is 2.23. The third-order valence-electron chi connectivity index (χ3n) is 2.43. The van der Waals surface area contributed by atoms with Crippen molar-refractivity contribution in [3.8, 4) is 22.8 Å². The van der Waals surface area contributed by atoms with Gasteiger partial charge < -0.3 is 9.84 Å². The van der Waals surface area contributed by atoms with Crippen LogP contribution in [0.5, 0.6) is 11.5 Å². The molecule has 0 atom stereocenters. The standard InChI is InChI=1S/C13H11NO3/c1-17-10-5-6-11(14-7-10)13-9(8-15)3-2-4-12(13)16/h2-8,16H,1H3. The van der Waals surface area contributed by atoms with Gasteiger partial charge in [0.2, 0.25) is 0 Å². The van der Waals surface area contributed by atoms with E-state index >= 15 is 0 Å². The Bertz CT molecular complexity index is 535. The van der Waals surface area contributed by atoms with Crippen LogP contribution in [0.1, 0.15) is 10.4 Å². The van der Waals surface area contributed by atoms with Gasteiger partial charge in [0, 0.05) is 5.56 Å². The van der Waals surface area contributed by atoms with Gasteiger partial charge in [-0.2, -0.15) is 0 Å². The van der Waals surface area contributed by atoms with E-state index < -0.39 is 0 Å². The van der Waals surface area contributed by atoms with E-state index in [1.165, 1.54) is 12.3 Å². The average molecular weight is 229 g/mol. The number of phenolic OH excluding ortho intramolecular Hbond substituents is 1. The highest BCUT2D eigenvalue weighted by Gasteiger charge is 2.10. The number of benzene rings is 1. The maximum Gasteiger partial charge on any atom is 0.150 e. The summed E-state index contributed by atoms with van der Waals surface area (Å²) in [5, 5.41) is 9.77. The van der Waals surface area contributed by atoms with Crippen molar-refractivity contribution >= 4 is 6.29 Å². The minimum atomic E-state index is 0.0345. The molecule has 0 unspecified atom stereocenters. The molecule has 0 aliphatic carbocycles. The third-order valence-corrected chi connectivity index (χ3v) is 2.43. The molecule has 2 rings (SSSR count). The van der Waals surface area contributed by atoms with Crippen molar-refractivity contribution in [1.82, 2.24) is 4.98 Å². The molecule has 17 heavy (non-hydrogen) atoms. The molecule has 0 saturated heterocycles. The zero-order valence-electron chi connectivity index (χ0n) is 9.25. The lowest BCUT2D eigenvalue weighted by atomic mass is 10.0. The first kappa shape index (κ1) is 11.1. The summed E-state index contributed by atoms with van der Waals surface area (Å²) in [5.41, 5.74) is 1.37. The van der Waals surface area contributed by atoms with Gasteiger partial charge in [-0.25, -0.2) is 0 Å². The van der Waals surface area contributed by atoms with E-state index in [1.807, 2.05) is 0 Å². The second-order valence-electron chi connectivity index (χ2n) is 3.44. The Morgan fingerprint density at radius 2 is 2.12 bits per heavy atom. The number of nitrogens with zero attached hydrogens (tertiary/aromatic N) is 1. The van der Waals surface area contributed by atoms with E-state index in [0.29, 0.717) is 28.9 Å². The first-order valence-electron chi connectivity index (χ1n) is 5.04. The van der Waals surface area contributed by atoms with Gasteiger partial charge in [-0.15, -0.1) is 0 Å². The summed E-state index contributed by atoms with van der Waals surface area (Å²) in [7, 11) is 1.55. The Morgan fingerprint density at radius 1 is 1.29 bits per heavy atom. The van der Waals surface area contributed by atoms with Crippen LogP contribution in [0.4, 0.5) is 0 Å². The van der Waals surface area contributed by atoms with Crippen LogP contribution in [0.3, 0.4) is 0 Å². The van der Waals surface area contributed by atoms with Crippen molar-refractivity contribution in [3.05, 3.63) is 42.1 Å². The number of hydrogen-bond acceptors (Lipinski definition) is 4. The van der Waals surface area contributed by atoms with Gasteiger partial charge in [0.1, 0.15) is 11.5 Å². The summed E-state index contributed by atoms with van der Waals surface area (Å²) in [5.74, 6) is 0.657. The summed E-state index contributed by atoms with van der Waals surface area (Å²) >= 11 is 0. The zero-order chi connectivity index (χ0) is 12.3. The normalized spacial score (nSPS) is 9.94. The highest BCUT2D eigenvalue weighted by molar-refractivity contribution is 5.89. The first-order valence-corrected chi connectivity index (χ1v) is 5.04. The number of aromatic hydroxyl groups is 1. The van der Waals surface area contributed by atoms with Crippen LogP contribution in [0.25, 0.3) is 11.3 Å². The third kappa shape index (κ3) is 2.10. The fourth-order valence-electron chi connectivity index (χ4n) is 1.58. The lowest BCUT2D eigenvalue weighted by molar-refractivity contribution is 0.112. The molecule has 0 spiro atoms. The molecule has 1 aromatic heterocycles. The number of carbonyl (C=O) groups excluding carboxylic acids is 1. The van der Waals surface area contributed by atoms with Crippen LogP contribution < -0.4 is 4.74 Å². The van der Waals surface area contributed by atoms with E-state index in [0.717, 1.165) is 0 Å². The molecule has 0 aliphatic rings. The molecule has 0 radical (unpaired) electrons. The molecule has 86 valence electrons. The number of rotatable bonds is 3. The summed E-state index contributed by atoms with van der Waals surface area (Å²) in [4.78, 5) is 15.1. The maximum atomic E-state index is 10.9. The second kappa shape index (κ2) is 4.65. The smallest absolute Gasteiger partial charge is 0.150 e. The fourth-order valence-corrected chi connectivity index (χ4v) is 1.58. The number of aromatic nitrogens is 1. The Labute approximate surface area is 98.5 Å². The van der Waals surface area contributed by atoms with Gasteiger partial charge in [0.15, 0.2) is 6.29 Å². The molecule has 0 amide bonds. The molecular formula is C13H11NO3. The van der Waals surface area contributed by atoms with Crippen molar-refractivity contribution in [1.29, 1.82) is 0 Å². The quantitative estimate of drug-likeness (QED) is 0.820. The topological polar surface area (TPSA) is 59.4 Å². The van der Waals surface area contributed by atoms with Crippen molar-refractivity contribution in [2.45, 2.75) is 0 Å². The summed E-state index contributed by atoms with van der Waals surface area (Å²) in [6, 6.07) is 8.19. The molecular weight excluding hydrogens is 218 g/mol. The minimum Gasteiger partial charge on any atom is -0.507 e. The second-order valence-corrected chi connectivity index (χ2v) is 3.44. The van der Waals surface area contributed by atoms with Crippen LogP contribution in [-0.4, -0.2) is 23.5 Å². The SMILES string of the molecule is COc1ccc(-c2c(O)cccc2C=O)nc1. The molecule has 4 nitrogen and oxygen atoms in total. The molecule has 0 bridgehead atoms. The Hall–Kier alpha value is -2.36. The number of ether oxygens (including phenoxy) is 1. The number of hydrogen-bond donors (Lipinski definition) is 1. The van der Waals surface area contributed by atoms with E-state index in [2.05, 4.69) is 4.98 Å². The monoisotopic (exact) mass is 229 g/mol. The summed E-state index contributed by atoms with van der Waals surface area (Å²) < 4.78 is 5.00. The first-order chi connectivity index (χ1) is 8.26. The van der Waals surface area contributed by atoms with E-state index in [-0.39, 0.29) is 5.75 Å². The molecule has 1 aromatic carbocycles. The number of aldehydes is 1. The molecule has 4 heteroatoms. The maximum absolute atomic E-state index is 10.9. The average Bonchev–Trinajstić information content (AvgIpc) is 2.38. The molecule has 0 fully saturated rings. The number of phenols is 1. The van der Waals surface area contributed by atoms with Crippen molar-refractivity contribution in [3.63, 3.8) is 0 Å². The highest BCUT2D eigenvalue weighted by atomic mass is 16.5. The van der Waals surface area contributed by atoms with Gasteiger partial charge in [0.05, 0.1) is 24.6 Å². The van der Waals surface area contributed by atoms with Crippen LogP contribution in [0.2, 0.25) is 0 Å². The van der Waals surface area contributed by atoms with Crippen molar-refractivity contribution < 1.29 is 14.6 Å². The van der Waals surface area contributed by atoms with Gasteiger partial charge in [-0.3, -0.25) is 9.78 Å². The Balaban J connectivity index is 2.55. The van der Waals surface area contributed by atoms with Crippen molar-refractivity contribution in [2.24, 2.45) is 0 Å². The summed E-state index contributed by atoms with van der Waals surface area (Å²) in [6.45, 7) is 0. The van der Waals surface area contributed by atoms with Crippen LogP contribution in [0.15, 0.2) is 36.5 Å². The molecule has 1 heterocycles. The van der Waals surface area contributed by atoms with Gasteiger partial charge in [-0.1, -0.05) is 12.1 Å². The van der Waals surface area contributed by atoms with Gasteiger partial charge in [-0.05, 0) is 18.2 Å². The Kier molecular flexibility index (Phi) is 3.05. The van der Waals surface area contributed by atoms with Gasteiger partial charge in [0.25, 0.3) is 0 Å². The predicted molar refractivity (Wildman–Crippen MR) is 63.3 cm³/mol. The molecule has 0 saturated carbocycles. The van der Waals surface area contributed by atoms with E-state index in [4.69, 9.17) is 4.74 Å². The minimum absolute atomic E-state index is 0.0345. The number of carbonyl (C=O) groups is 1. The molecule has 0 aliphatic heterocycles. The van der Waals surface area contributed by atoms with Crippen molar-refractivity contribution in [2.75, 3.05) is 7.11 Å². The van der Waals surface area contributed by atoms with Crippen LogP contribution >= 0.6 is 0 Å².